The number of nitrogens with zero attached hydrogens (tertiary/aromatic N) is 3. The number of hydrogen-bond acceptors (Lipinski definition) is 3. The molecule has 0 saturated carbocycles. The van der Waals surface area contributed by atoms with Crippen LogP contribution in [0.2, 0.25) is 0 Å². The molecule has 0 unspecified atom stereocenters. The van der Waals surface area contributed by atoms with Crippen LogP contribution in [0.3, 0.4) is 0 Å². The molecule has 2 aliphatic heterocycles. The van der Waals surface area contributed by atoms with Crippen LogP contribution in [0.25, 0.3) is 38.7 Å². The molecule has 4 nitrogen and oxygen atoms in total. The first-order chi connectivity index (χ1) is 29.0. The third kappa shape index (κ3) is 4.85. The van der Waals surface area contributed by atoms with Crippen LogP contribution in [0.5, 0.6) is 0 Å². The molecule has 0 radical (unpaired) electrons. The molecule has 5 heteroatoms. The minimum absolute atomic E-state index is 0.0814. The monoisotopic (exact) mass is 757 g/mol. The molecule has 0 spiro atoms. The first-order valence-corrected chi connectivity index (χ1v) is 20.6. The molecule has 8 aromatic carbocycles. The second-order valence-electron chi connectivity index (χ2n) is 16.6. The van der Waals surface area contributed by atoms with Gasteiger partial charge in [0.2, 0.25) is 6.71 Å². The van der Waals surface area contributed by atoms with E-state index in [1.165, 1.54) is 44.3 Å². The molecule has 0 amide bonds. The molecular weight excluding hydrogens is 717 g/mol. The van der Waals surface area contributed by atoms with Crippen LogP contribution < -0.4 is 26.2 Å². The van der Waals surface area contributed by atoms with E-state index in [-0.39, 0.29) is 12.1 Å². The zero-order valence-electron chi connectivity index (χ0n) is 33.2. The predicted octanol–water partition coefficient (Wildman–Crippen LogP) is 12.2. The van der Waals surface area contributed by atoms with E-state index >= 15 is 0 Å². The van der Waals surface area contributed by atoms with E-state index in [1.54, 1.807) is 0 Å². The molecular formula is C54H40BN3O. The van der Waals surface area contributed by atoms with Gasteiger partial charge in [-0.05, 0) is 107 Å². The van der Waals surface area contributed by atoms with E-state index in [1.807, 2.05) is 0 Å². The summed E-state index contributed by atoms with van der Waals surface area (Å²) in [4.78, 5) is 4.70. The van der Waals surface area contributed by atoms with Gasteiger partial charge in [0, 0.05) is 51.0 Å². The molecule has 0 aliphatic carbocycles. The van der Waals surface area contributed by atoms with Crippen molar-refractivity contribution in [3.63, 3.8) is 0 Å². The number of anilines is 6. The SMILES string of the molecule is Cc1cc2c3c(c1)C(C)(C)c1ccccc1B3c1ccc(N(c3ccccc3)c3ccccc3)c3c4oc5cc(N(c6ccccc6)c6ccccc6)ccc5c4n-2c13. The zero-order chi connectivity index (χ0) is 39.4. The summed E-state index contributed by atoms with van der Waals surface area (Å²) in [5.74, 6) is 0. The Kier molecular flexibility index (Phi) is 7.25. The maximum absolute atomic E-state index is 7.35. The van der Waals surface area contributed by atoms with Crippen LogP contribution in [-0.2, 0) is 5.41 Å². The van der Waals surface area contributed by atoms with Gasteiger partial charge in [-0.1, -0.05) is 129 Å². The quantitative estimate of drug-likeness (QED) is 0.158. The molecule has 10 aromatic rings. The maximum atomic E-state index is 7.35. The molecule has 59 heavy (non-hydrogen) atoms. The highest BCUT2D eigenvalue weighted by molar-refractivity contribution is 6.99. The smallest absolute Gasteiger partial charge is 0.247 e. The van der Waals surface area contributed by atoms with E-state index in [2.05, 4.69) is 223 Å². The number of fused-ring (bicyclic) bond motifs is 9. The van der Waals surface area contributed by atoms with Crippen LogP contribution >= 0.6 is 0 Å². The normalized spacial score (nSPS) is 13.4. The number of aromatic nitrogens is 1. The summed E-state index contributed by atoms with van der Waals surface area (Å²) in [6.45, 7) is 7.13. The number of rotatable bonds is 6. The average molecular weight is 758 g/mol. The summed E-state index contributed by atoms with van der Waals surface area (Å²) in [5, 5.41) is 2.20. The van der Waals surface area contributed by atoms with Crippen LogP contribution in [0.1, 0.15) is 30.5 Å². The van der Waals surface area contributed by atoms with Crippen molar-refractivity contribution in [1.82, 2.24) is 4.57 Å². The Bertz CT molecular complexity index is 3180. The number of furan rings is 1. The van der Waals surface area contributed by atoms with Crippen LogP contribution in [-0.4, -0.2) is 11.3 Å². The molecule has 0 N–H and O–H groups in total. The van der Waals surface area contributed by atoms with Gasteiger partial charge >= 0.3 is 0 Å². The van der Waals surface area contributed by atoms with Gasteiger partial charge < -0.3 is 18.8 Å². The first kappa shape index (κ1) is 33.9. The summed E-state index contributed by atoms with van der Waals surface area (Å²) in [6.07, 6.45) is 0. The highest BCUT2D eigenvalue weighted by Gasteiger charge is 2.46. The standard InChI is InChI=1S/C54H40BN3O/c1-35-32-43-50-47(33-35)58-51-41-29-28-40(56(36-18-8-4-9-19-36)37-20-10-5-11-21-37)34-48(41)59-53(51)49-46(57(38-22-12-6-13-23-38)39-24-14-7-15-25-39)31-30-45(52(49)58)55(50)44-27-17-16-26-42(44)54(43,2)3/h4-34H,1-3H3. The summed E-state index contributed by atoms with van der Waals surface area (Å²) in [6, 6.07) is 68.1. The molecule has 0 fully saturated rings. The van der Waals surface area contributed by atoms with Crippen molar-refractivity contribution < 1.29 is 4.42 Å². The minimum Gasteiger partial charge on any atom is -0.454 e. The van der Waals surface area contributed by atoms with Crippen molar-refractivity contribution >= 4 is 90.2 Å². The van der Waals surface area contributed by atoms with Crippen LogP contribution in [0.15, 0.2) is 192 Å². The van der Waals surface area contributed by atoms with Gasteiger partial charge in [0.05, 0.1) is 16.6 Å². The Labute approximate surface area is 344 Å². The fraction of sp³-hybridized carbons (Fsp3) is 0.0741. The van der Waals surface area contributed by atoms with Gasteiger partial charge in [0.1, 0.15) is 11.1 Å². The number of hydrogen-bond donors (Lipinski definition) is 0. The lowest BCUT2D eigenvalue weighted by Gasteiger charge is -2.42. The highest BCUT2D eigenvalue weighted by atomic mass is 16.3. The van der Waals surface area contributed by atoms with Gasteiger partial charge in [-0.3, -0.25) is 0 Å². The zero-order valence-corrected chi connectivity index (χ0v) is 33.2. The lowest BCUT2D eigenvalue weighted by atomic mass is 9.30. The number of aryl methyl sites for hydroxylation is 1. The number of para-hydroxylation sites is 4. The van der Waals surface area contributed by atoms with Crippen molar-refractivity contribution in [2.45, 2.75) is 26.2 Å². The van der Waals surface area contributed by atoms with Crippen molar-refractivity contribution in [2.24, 2.45) is 0 Å². The molecule has 2 aliphatic rings. The largest absolute Gasteiger partial charge is 0.454 e. The first-order valence-electron chi connectivity index (χ1n) is 20.6. The van der Waals surface area contributed by atoms with Crippen LogP contribution in [0.4, 0.5) is 34.1 Å². The van der Waals surface area contributed by atoms with Gasteiger partial charge in [0.15, 0.2) is 5.58 Å². The van der Waals surface area contributed by atoms with Crippen molar-refractivity contribution in [1.29, 1.82) is 0 Å². The molecule has 12 rings (SSSR count). The van der Waals surface area contributed by atoms with Crippen LogP contribution in [0, 0.1) is 6.92 Å². The van der Waals surface area contributed by atoms with E-state index < -0.39 is 0 Å². The Morgan fingerprint density at radius 2 is 1.08 bits per heavy atom. The van der Waals surface area contributed by atoms with E-state index in [0.29, 0.717) is 0 Å². The van der Waals surface area contributed by atoms with E-state index in [4.69, 9.17) is 4.42 Å². The summed E-state index contributed by atoms with van der Waals surface area (Å²) >= 11 is 0. The predicted molar refractivity (Wildman–Crippen MR) is 248 cm³/mol. The lowest BCUT2D eigenvalue weighted by Crippen LogP contribution is -2.63. The molecule has 0 bridgehead atoms. The Balaban J connectivity index is 1.22. The Hall–Kier alpha value is -7.24. The second-order valence-corrected chi connectivity index (χ2v) is 16.6. The summed E-state index contributed by atoms with van der Waals surface area (Å²) < 4.78 is 9.91. The number of benzene rings is 8. The lowest BCUT2D eigenvalue weighted by molar-refractivity contribution is 0.644. The topological polar surface area (TPSA) is 24.6 Å². The van der Waals surface area contributed by atoms with E-state index in [9.17, 15) is 0 Å². The third-order valence-corrected chi connectivity index (χ3v) is 12.8. The van der Waals surface area contributed by atoms with Crippen molar-refractivity contribution in [3.8, 4) is 5.69 Å². The summed E-state index contributed by atoms with van der Waals surface area (Å²) in [7, 11) is 0. The highest BCUT2D eigenvalue weighted by Crippen LogP contribution is 2.49. The maximum Gasteiger partial charge on any atom is 0.247 e. The molecule has 2 aromatic heterocycles. The Morgan fingerprint density at radius 3 is 1.71 bits per heavy atom. The van der Waals surface area contributed by atoms with Gasteiger partial charge in [0.25, 0.3) is 0 Å². The second kappa shape index (κ2) is 12.6. The fourth-order valence-corrected chi connectivity index (χ4v) is 10.3. The summed E-state index contributed by atoms with van der Waals surface area (Å²) in [5.41, 5.74) is 19.7. The van der Waals surface area contributed by atoms with Gasteiger partial charge in [-0.25, -0.2) is 0 Å². The molecule has 0 atom stereocenters. The van der Waals surface area contributed by atoms with Gasteiger partial charge in [-0.2, -0.15) is 0 Å². The van der Waals surface area contributed by atoms with E-state index in [0.717, 1.165) is 61.6 Å². The molecule has 4 heterocycles. The van der Waals surface area contributed by atoms with Crippen molar-refractivity contribution in [3.05, 3.63) is 205 Å². The third-order valence-electron chi connectivity index (χ3n) is 12.8. The molecule has 0 saturated heterocycles. The average Bonchev–Trinajstić information content (AvgIpc) is 3.81. The Morgan fingerprint density at radius 1 is 0.508 bits per heavy atom. The molecule has 280 valence electrons. The minimum atomic E-state index is -0.171. The van der Waals surface area contributed by atoms with Crippen molar-refractivity contribution in [2.75, 3.05) is 9.80 Å². The fourth-order valence-electron chi connectivity index (χ4n) is 10.3. The van der Waals surface area contributed by atoms with Gasteiger partial charge in [-0.15, -0.1) is 0 Å².